The average Bonchev–Trinajstić information content (AvgIpc) is 2.54. The Labute approximate surface area is 121 Å². The van der Waals surface area contributed by atoms with E-state index in [1.807, 2.05) is 22.6 Å². The van der Waals surface area contributed by atoms with Crippen molar-refractivity contribution in [2.75, 3.05) is 11.9 Å². The fraction of sp³-hybridized carbons (Fsp3) is 0.600. The van der Waals surface area contributed by atoms with E-state index < -0.39 is 14.2 Å². The van der Waals surface area contributed by atoms with Crippen molar-refractivity contribution in [3.8, 4) is 0 Å². The van der Waals surface area contributed by atoms with Gasteiger partial charge in [-0.25, -0.2) is 9.48 Å². The van der Waals surface area contributed by atoms with Gasteiger partial charge in [-0.15, -0.1) is 0 Å². The van der Waals surface area contributed by atoms with Crippen LogP contribution in [0.2, 0.25) is 25.7 Å². The van der Waals surface area contributed by atoms with Crippen molar-refractivity contribution in [2.45, 2.75) is 32.4 Å². The molecule has 1 amide bonds. The van der Waals surface area contributed by atoms with Gasteiger partial charge in [0.15, 0.2) is 0 Å². The molecule has 1 aromatic rings. The molecule has 18 heavy (non-hydrogen) atoms. The first-order valence-corrected chi connectivity index (χ1v) is 10.4. The minimum Gasteiger partial charge on any atom is -0.465 e. The Morgan fingerprint density at radius 3 is 2.83 bits per heavy atom. The molecule has 1 rings (SSSR count). The van der Waals surface area contributed by atoms with E-state index in [2.05, 4.69) is 30.1 Å². The summed E-state index contributed by atoms with van der Waals surface area (Å²) in [6.45, 7) is 7.95. The lowest BCUT2D eigenvalue weighted by Crippen LogP contribution is -2.22. The maximum atomic E-state index is 10.5. The van der Waals surface area contributed by atoms with E-state index in [0.717, 1.165) is 9.74 Å². The first-order chi connectivity index (χ1) is 8.29. The first kappa shape index (κ1) is 15.4. The van der Waals surface area contributed by atoms with E-state index in [9.17, 15) is 4.79 Å². The number of ether oxygens (including phenoxy) is 1. The van der Waals surface area contributed by atoms with Crippen LogP contribution in [0.3, 0.4) is 0 Å². The molecule has 0 aliphatic rings. The molecule has 0 spiro atoms. The number of hydrogen-bond donors (Lipinski definition) is 2. The minimum absolute atomic E-state index is 0.351. The Morgan fingerprint density at radius 2 is 2.28 bits per heavy atom. The van der Waals surface area contributed by atoms with Crippen molar-refractivity contribution >= 4 is 42.4 Å². The van der Waals surface area contributed by atoms with Gasteiger partial charge in [-0.2, -0.15) is 5.10 Å². The molecule has 6 nitrogen and oxygen atoms in total. The molecule has 102 valence electrons. The summed E-state index contributed by atoms with van der Waals surface area (Å²) < 4.78 is 7.91. The summed E-state index contributed by atoms with van der Waals surface area (Å²) in [6, 6.07) is 1.10. The van der Waals surface area contributed by atoms with E-state index in [0.29, 0.717) is 19.0 Å². The lowest BCUT2D eigenvalue weighted by atomic mass is 10.6. The first-order valence-electron chi connectivity index (χ1n) is 5.58. The second kappa shape index (κ2) is 6.52. The van der Waals surface area contributed by atoms with Crippen LogP contribution in [0.4, 0.5) is 10.5 Å². The van der Waals surface area contributed by atoms with Gasteiger partial charge >= 0.3 is 6.09 Å². The highest BCUT2D eigenvalue weighted by molar-refractivity contribution is 14.1. The Hall–Kier alpha value is -0.613. The van der Waals surface area contributed by atoms with Gasteiger partial charge < -0.3 is 9.84 Å². The Balaban J connectivity index is 2.44. The number of nitrogens with one attached hydrogen (secondary N) is 1. The molecule has 8 heteroatoms. The molecule has 0 saturated heterocycles. The average molecular weight is 383 g/mol. The predicted molar refractivity (Wildman–Crippen MR) is 80.7 cm³/mol. The largest absolute Gasteiger partial charge is 0.465 e. The molecule has 0 aliphatic carbocycles. The molecule has 0 aliphatic heterocycles. The van der Waals surface area contributed by atoms with Crippen molar-refractivity contribution in [3.63, 3.8) is 0 Å². The van der Waals surface area contributed by atoms with Gasteiger partial charge in [-0.1, -0.05) is 19.6 Å². The fourth-order valence-corrected chi connectivity index (χ4v) is 2.48. The quantitative estimate of drug-likeness (QED) is 0.450. The molecule has 0 atom stereocenters. The Bertz CT molecular complexity index is 417. The van der Waals surface area contributed by atoms with Gasteiger partial charge in [-0.3, -0.25) is 5.32 Å². The van der Waals surface area contributed by atoms with E-state index in [4.69, 9.17) is 9.84 Å². The highest BCUT2D eigenvalue weighted by Crippen LogP contribution is 2.17. The van der Waals surface area contributed by atoms with E-state index in [1.54, 1.807) is 4.68 Å². The van der Waals surface area contributed by atoms with Gasteiger partial charge in [0.05, 0.1) is 11.9 Å². The van der Waals surface area contributed by atoms with Crippen molar-refractivity contribution in [1.29, 1.82) is 0 Å². The van der Waals surface area contributed by atoms with E-state index >= 15 is 0 Å². The minimum atomic E-state index is -1.09. The number of carbonyl (C=O) groups is 1. The third-order valence-corrected chi connectivity index (χ3v) is 5.07. The van der Waals surface area contributed by atoms with Crippen LogP contribution in [-0.2, 0) is 11.5 Å². The maximum absolute atomic E-state index is 10.5. The Morgan fingerprint density at radius 1 is 1.61 bits per heavy atom. The van der Waals surface area contributed by atoms with Crippen LogP contribution in [0.25, 0.3) is 0 Å². The highest BCUT2D eigenvalue weighted by atomic mass is 127. The number of amides is 1. The zero-order chi connectivity index (χ0) is 13.8. The molecule has 0 saturated carbocycles. The molecular weight excluding hydrogens is 365 g/mol. The van der Waals surface area contributed by atoms with E-state index in [-0.39, 0.29) is 0 Å². The summed E-state index contributed by atoms with van der Waals surface area (Å²) in [4.78, 5) is 10.5. The molecule has 0 fully saturated rings. The summed E-state index contributed by atoms with van der Waals surface area (Å²) >= 11 is 2.04. The topological polar surface area (TPSA) is 76.4 Å². The SMILES string of the molecule is C[Si](C)(C)CCOCn1ncc(NC(=O)O)c1I. The number of hydrogen-bond acceptors (Lipinski definition) is 3. The van der Waals surface area contributed by atoms with Crippen LogP contribution in [0, 0.1) is 3.70 Å². The number of nitrogens with zero attached hydrogens (tertiary/aromatic N) is 2. The van der Waals surface area contributed by atoms with E-state index in [1.165, 1.54) is 6.20 Å². The van der Waals surface area contributed by atoms with Crippen LogP contribution in [0.15, 0.2) is 6.20 Å². The monoisotopic (exact) mass is 383 g/mol. The highest BCUT2D eigenvalue weighted by Gasteiger charge is 2.13. The van der Waals surface area contributed by atoms with Crippen LogP contribution >= 0.6 is 22.6 Å². The van der Waals surface area contributed by atoms with Gasteiger partial charge in [0.25, 0.3) is 0 Å². The lowest BCUT2D eigenvalue weighted by molar-refractivity contribution is 0.0768. The number of anilines is 1. The molecule has 0 aromatic carbocycles. The smallest absolute Gasteiger partial charge is 0.409 e. The number of rotatable bonds is 6. The molecule has 0 bridgehead atoms. The molecule has 0 radical (unpaired) electrons. The second-order valence-corrected chi connectivity index (χ2v) is 11.8. The summed E-state index contributed by atoms with van der Waals surface area (Å²) in [7, 11) is -1.07. The summed E-state index contributed by atoms with van der Waals surface area (Å²) in [6.07, 6.45) is 0.393. The Kier molecular flexibility index (Phi) is 5.60. The molecule has 2 N–H and O–H groups in total. The van der Waals surface area contributed by atoms with Gasteiger partial charge in [-0.05, 0) is 28.6 Å². The van der Waals surface area contributed by atoms with Gasteiger partial charge in [0.1, 0.15) is 10.4 Å². The zero-order valence-corrected chi connectivity index (χ0v) is 13.9. The summed E-state index contributed by atoms with van der Waals surface area (Å²) in [5.41, 5.74) is 0.483. The van der Waals surface area contributed by atoms with Gasteiger partial charge in [0.2, 0.25) is 0 Å². The normalized spacial score (nSPS) is 11.6. The van der Waals surface area contributed by atoms with Crippen LogP contribution in [0.5, 0.6) is 0 Å². The summed E-state index contributed by atoms with van der Waals surface area (Å²) in [5.74, 6) is 0. The number of carboxylic acid groups (broad SMARTS) is 1. The molecular formula is C10H18IN3O3Si. The molecule has 1 aromatic heterocycles. The van der Waals surface area contributed by atoms with Crippen molar-refractivity contribution in [2.24, 2.45) is 0 Å². The lowest BCUT2D eigenvalue weighted by Gasteiger charge is -2.15. The third-order valence-electron chi connectivity index (χ3n) is 2.23. The van der Waals surface area contributed by atoms with Gasteiger partial charge in [0, 0.05) is 14.7 Å². The summed E-state index contributed by atoms with van der Waals surface area (Å²) in [5, 5.41) is 15.0. The molecule has 1 heterocycles. The standard InChI is InChI=1S/C10H18IN3O3Si/c1-18(2,3)5-4-17-7-14-9(11)8(6-12-14)13-10(15)16/h6,13H,4-5,7H2,1-3H3,(H,15,16). The van der Waals surface area contributed by atoms with Crippen molar-refractivity contribution in [3.05, 3.63) is 9.90 Å². The van der Waals surface area contributed by atoms with Crippen molar-refractivity contribution < 1.29 is 14.6 Å². The fourth-order valence-electron chi connectivity index (χ4n) is 1.19. The van der Waals surface area contributed by atoms with Crippen LogP contribution in [0.1, 0.15) is 0 Å². The maximum Gasteiger partial charge on any atom is 0.409 e. The number of halogens is 1. The van der Waals surface area contributed by atoms with Crippen molar-refractivity contribution in [1.82, 2.24) is 9.78 Å². The zero-order valence-electron chi connectivity index (χ0n) is 10.7. The second-order valence-electron chi connectivity index (χ2n) is 5.13. The third kappa shape index (κ3) is 5.36. The molecule has 0 unspecified atom stereocenters. The number of aromatic nitrogens is 2. The van der Waals surface area contributed by atoms with Crippen LogP contribution < -0.4 is 5.32 Å². The van der Waals surface area contributed by atoms with Crippen LogP contribution in [-0.4, -0.2) is 35.7 Å². The predicted octanol–water partition coefficient (Wildman–Crippen LogP) is 2.89.